The number of benzene rings is 1. The average molecular weight is 288 g/mol. The van der Waals surface area contributed by atoms with Crippen molar-refractivity contribution in [3.8, 4) is 0 Å². The quantitative estimate of drug-likeness (QED) is 0.845. The van der Waals surface area contributed by atoms with Gasteiger partial charge in [0.2, 0.25) is 5.91 Å². The molecule has 0 heterocycles. The number of hydrogen-bond acceptors (Lipinski definition) is 2. The predicted molar refractivity (Wildman–Crippen MR) is 87.3 cm³/mol. The maximum atomic E-state index is 12.1. The molecule has 1 amide bonds. The third kappa shape index (κ3) is 4.85. The lowest BCUT2D eigenvalue weighted by Crippen LogP contribution is -2.48. The molecule has 0 aliphatic heterocycles. The van der Waals surface area contributed by atoms with E-state index in [1.165, 1.54) is 11.1 Å². The molecule has 2 atom stereocenters. The number of aryl methyl sites for hydroxylation is 1. The van der Waals surface area contributed by atoms with Gasteiger partial charge >= 0.3 is 0 Å². The first-order valence-corrected chi connectivity index (χ1v) is 8.16. The van der Waals surface area contributed by atoms with Crippen molar-refractivity contribution in [2.75, 3.05) is 6.54 Å². The molecule has 2 N–H and O–H groups in total. The third-order valence-electron chi connectivity index (χ3n) is 4.25. The second-order valence-corrected chi connectivity index (χ2v) is 6.57. The van der Waals surface area contributed by atoms with Crippen molar-refractivity contribution in [2.24, 2.45) is 5.92 Å². The summed E-state index contributed by atoms with van der Waals surface area (Å²) in [6.45, 7) is 7.09. The Hall–Kier alpha value is -1.35. The minimum absolute atomic E-state index is 0.118. The van der Waals surface area contributed by atoms with Gasteiger partial charge < -0.3 is 10.6 Å². The van der Waals surface area contributed by atoms with E-state index < -0.39 is 0 Å². The van der Waals surface area contributed by atoms with E-state index in [0.717, 1.165) is 32.2 Å². The van der Waals surface area contributed by atoms with E-state index in [4.69, 9.17) is 0 Å². The van der Waals surface area contributed by atoms with E-state index >= 15 is 0 Å². The summed E-state index contributed by atoms with van der Waals surface area (Å²) in [6, 6.07) is 8.92. The van der Waals surface area contributed by atoms with E-state index in [2.05, 4.69) is 48.7 Å². The Morgan fingerprint density at radius 2 is 1.95 bits per heavy atom. The number of carbonyl (C=O) groups is 1. The van der Waals surface area contributed by atoms with Crippen LogP contribution < -0.4 is 10.6 Å². The fraction of sp³-hybridized carbons (Fsp3) is 0.611. The molecule has 2 rings (SSSR count). The van der Waals surface area contributed by atoms with Crippen LogP contribution in [0, 0.1) is 5.92 Å². The highest BCUT2D eigenvalue weighted by Crippen LogP contribution is 2.21. The molecular formula is C18H28N2O. The van der Waals surface area contributed by atoms with Gasteiger partial charge in [0.15, 0.2) is 0 Å². The van der Waals surface area contributed by atoms with Crippen LogP contribution in [0.5, 0.6) is 0 Å². The molecule has 0 fully saturated rings. The van der Waals surface area contributed by atoms with Crippen molar-refractivity contribution in [1.82, 2.24) is 10.6 Å². The zero-order valence-corrected chi connectivity index (χ0v) is 13.5. The normalized spacial score (nSPS) is 19.1. The number of carbonyl (C=O) groups excluding carboxylic acids is 1. The Bertz CT molecular complexity index is 470. The molecule has 1 aromatic rings. The summed E-state index contributed by atoms with van der Waals surface area (Å²) in [4.78, 5) is 12.1. The van der Waals surface area contributed by atoms with Gasteiger partial charge in [0.05, 0.1) is 6.04 Å². The van der Waals surface area contributed by atoms with Gasteiger partial charge in [-0.15, -0.1) is 0 Å². The largest absolute Gasteiger partial charge is 0.355 e. The van der Waals surface area contributed by atoms with Gasteiger partial charge in [-0.05, 0) is 49.7 Å². The Morgan fingerprint density at radius 1 is 1.24 bits per heavy atom. The van der Waals surface area contributed by atoms with Gasteiger partial charge in [0.25, 0.3) is 0 Å². The first-order chi connectivity index (χ1) is 10.1. The van der Waals surface area contributed by atoms with Crippen LogP contribution in [0.4, 0.5) is 0 Å². The van der Waals surface area contributed by atoms with Gasteiger partial charge in [-0.3, -0.25) is 4.79 Å². The molecule has 0 spiro atoms. The number of rotatable bonds is 6. The highest BCUT2D eigenvalue weighted by Gasteiger charge is 2.22. The predicted octanol–water partition coefficient (Wildman–Crippen LogP) is 2.68. The second kappa shape index (κ2) is 7.60. The maximum Gasteiger partial charge on any atom is 0.236 e. The maximum absolute atomic E-state index is 12.1. The van der Waals surface area contributed by atoms with Gasteiger partial charge in [-0.1, -0.05) is 38.1 Å². The summed E-state index contributed by atoms with van der Waals surface area (Å²) in [5.41, 5.74) is 2.89. The average Bonchev–Trinajstić information content (AvgIpc) is 2.46. The van der Waals surface area contributed by atoms with Crippen LogP contribution in [0.3, 0.4) is 0 Å². The van der Waals surface area contributed by atoms with E-state index in [9.17, 15) is 4.79 Å². The van der Waals surface area contributed by atoms with Crippen LogP contribution >= 0.6 is 0 Å². The molecule has 0 aromatic heterocycles. The summed E-state index contributed by atoms with van der Waals surface area (Å²) < 4.78 is 0. The van der Waals surface area contributed by atoms with Crippen LogP contribution in [0.15, 0.2) is 24.3 Å². The van der Waals surface area contributed by atoms with Crippen LogP contribution in [0.2, 0.25) is 0 Å². The van der Waals surface area contributed by atoms with E-state index in [-0.39, 0.29) is 11.9 Å². The summed E-state index contributed by atoms with van der Waals surface area (Å²) in [6.07, 6.45) is 4.28. The van der Waals surface area contributed by atoms with Crippen LogP contribution in [-0.2, 0) is 17.6 Å². The molecular weight excluding hydrogens is 260 g/mol. The van der Waals surface area contributed by atoms with Crippen molar-refractivity contribution >= 4 is 5.91 Å². The van der Waals surface area contributed by atoms with Gasteiger partial charge in [-0.2, -0.15) is 0 Å². The number of amides is 1. The van der Waals surface area contributed by atoms with Crippen LogP contribution in [0.25, 0.3) is 0 Å². The highest BCUT2D eigenvalue weighted by atomic mass is 16.2. The van der Waals surface area contributed by atoms with Gasteiger partial charge in [0.1, 0.15) is 0 Å². The first kappa shape index (κ1) is 16.0. The topological polar surface area (TPSA) is 41.1 Å². The molecule has 0 bridgehead atoms. The minimum atomic E-state index is -0.118. The zero-order chi connectivity index (χ0) is 15.2. The van der Waals surface area contributed by atoms with Gasteiger partial charge in [-0.25, -0.2) is 0 Å². The molecule has 3 heteroatoms. The van der Waals surface area contributed by atoms with E-state index in [1.807, 2.05) is 6.92 Å². The molecule has 1 aromatic carbocycles. The SMILES string of the molecule is CC(C)CCNC(=O)C(C)NC1CCc2ccccc2C1. The number of hydrogen-bond donors (Lipinski definition) is 2. The van der Waals surface area contributed by atoms with E-state index in [0.29, 0.717) is 12.0 Å². The molecule has 0 saturated carbocycles. The fourth-order valence-electron chi connectivity index (χ4n) is 2.91. The number of nitrogens with one attached hydrogen (secondary N) is 2. The summed E-state index contributed by atoms with van der Waals surface area (Å²) in [5.74, 6) is 0.748. The van der Waals surface area contributed by atoms with Crippen molar-refractivity contribution < 1.29 is 4.79 Å². The molecule has 3 nitrogen and oxygen atoms in total. The molecule has 21 heavy (non-hydrogen) atoms. The Kier molecular flexibility index (Phi) is 5.80. The Morgan fingerprint density at radius 3 is 2.67 bits per heavy atom. The van der Waals surface area contributed by atoms with Crippen molar-refractivity contribution in [2.45, 2.75) is 58.5 Å². The molecule has 0 radical (unpaired) electrons. The molecule has 1 aliphatic carbocycles. The lowest BCUT2D eigenvalue weighted by molar-refractivity contribution is -0.123. The van der Waals surface area contributed by atoms with E-state index in [1.54, 1.807) is 0 Å². The summed E-state index contributed by atoms with van der Waals surface area (Å²) in [5, 5.41) is 6.51. The smallest absolute Gasteiger partial charge is 0.236 e. The Labute approximate surface area is 128 Å². The molecule has 116 valence electrons. The minimum Gasteiger partial charge on any atom is -0.355 e. The summed E-state index contributed by atoms with van der Waals surface area (Å²) in [7, 11) is 0. The van der Waals surface area contributed by atoms with Crippen LogP contribution in [0.1, 0.15) is 44.7 Å². The molecule has 2 unspecified atom stereocenters. The lowest BCUT2D eigenvalue weighted by atomic mass is 9.88. The second-order valence-electron chi connectivity index (χ2n) is 6.57. The van der Waals surface area contributed by atoms with Crippen molar-refractivity contribution in [3.63, 3.8) is 0 Å². The van der Waals surface area contributed by atoms with Crippen LogP contribution in [-0.4, -0.2) is 24.5 Å². The van der Waals surface area contributed by atoms with Gasteiger partial charge in [0, 0.05) is 12.6 Å². The monoisotopic (exact) mass is 288 g/mol. The third-order valence-corrected chi connectivity index (χ3v) is 4.25. The lowest BCUT2D eigenvalue weighted by Gasteiger charge is -2.28. The molecule has 1 aliphatic rings. The fourth-order valence-corrected chi connectivity index (χ4v) is 2.91. The summed E-state index contributed by atoms with van der Waals surface area (Å²) >= 11 is 0. The Balaban J connectivity index is 1.78. The zero-order valence-electron chi connectivity index (χ0n) is 13.5. The highest BCUT2D eigenvalue weighted by molar-refractivity contribution is 5.81. The van der Waals surface area contributed by atoms with Crippen molar-refractivity contribution in [3.05, 3.63) is 35.4 Å². The standard InChI is InChI=1S/C18H28N2O/c1-13(2)10-11-19-18(21)14(3)20-17-9-8-15-6-4-5-7-16(15)12-17/h4-7,13-14,17,20H,8-12H2,1-3H3,(H,19,21). The first-order valence-electron chi connectivity index (χ1n) is 8.16. The molecule has 0 saturated heterocycles. The van der Waals surface area contributed by atoms with Crippen molar-refractivity contribution in [1.29, 1.82) is 0 Å². The number of fused-ring (bicyclic) bond motifs is 1.